The molecule has 1 aromatic carbocycles. The lowest BCUT2D eigenvalue weighted by Crippen LogP contribution is -2.52. The van der Waals surface area contributed by atoms with Crippen molar-refractivity contribution in [2.75, 3.05) is 20.1 Å². The third kappa shape index (κ3) is 3.28. The number of aryl methyl sites for hydroxylation is 1. The summed E-state index contributed by atoms with van der Waals surface area (Å²) in [6, 6.07) is 7.83. The summed E-state index contributed by atoms with van der Waals surface area (Å²) in [6.07, 6.45) is 1.22. The average Bonchev–Trinajstić information content (AvgIpc) is 2.96. The summed E-state index contributed by atoms with van der Waals surface area (Å²) in [4.78, 5) is 29.2. The minimum Gasteiger partial charge on any atom is -0.388 e. The van der Waals surface area contributed by atoms with Gasteiger partial charge in [-0.25, -0.2) is 0 Å². The van der Waals surface area contributed by atoms with Gasteiger partial charge in [-0.2, -0.15) is 0 Å². The number of β-amino-alcohol motifs (C(OH)–C–C–N with tert-alkyl or cyclic N) is 1. The van der Waals surface area contributed by atoms with Crippen LogP contribution in [0.5, 0.6) is 0 Å². The van der Waals surface area contributed by atoms with Crippen LogP contribution in [0.3, 0.4) is 0 Å². The molecule has 1 atom stereocenters. The summed E-state index contributed by atoms with van der Waals surface area (Å²) in [5, 5.41) is 14.2. The first-order valence-electron chi connectivity index (χ1n) is 8.22. The Balaban J connectivity index is 1.79. The molecule has 2 aromatic rings. The molecule has 1 saturated heterocycles. The van der Waals surface area contributed by atoms with Crippen LogP contribution in [-0.2, 0) is 4.79 Å². The van der Waals surface area contributed by atoms with Gasteiger partial charge >= 0.3 is 0 Å². The van der Waals surface area contributed by atoms with Gasteiger partial charge in [0.2, 0.25) is 5.91 Å². The van der Waals surface area contributed by atoms with Crippen molar-refractivity contribution in [3.8, 4) is 0 Å². The Hall–Kier alpha value is -2.34. The van der Waals surface area contributed by atoms with Crippen molar-refractivity contribution in [1.82, 2.24) is 15.2 Å². The molecule has 3 N–H and O–H groups in total. The molecule has 6 heteroatoms. The SMILES string of the molecule is CNC(=O)CC1(O)CCCN(C(=O)c2cc3ccc(C)cc3[nH]2)C1. The third-order valence-electron chi connectivity index (χ3n) is 4.62. The van der Waals surface area contributed by atoms with E-state index >= 15 is 0 Å². The number of carbonyl (C=O) groups is 2. The number of carbonyl (C=O) groups excluding carboxylic acids is 2. The Morgan fingerprint density at radius 2 is 2.17 bits per heavy atom. The maximum Gasteiger partial charge on any atom is 0.270 e. The summed E-state index contributed by atoms with van der Waals surface area (Å²) in [5.74, 6) is -0.355. The number of likely N-dealkylation sites (tertiary alicyclic amines) is 1. The summed E-state index contributed by atoms with van der Waals surface area (Å²) in [6.45, 7) is 2.77. The molecule has 0 aliphatic carbocycles. The number of H-pyrrole nitrogens is 1. The first-order valence-corrected chi connectivity index (χ1v) is 8.22. The molecule has 1 aliphatic rings. The quantitative estimate of drug-likeness (QED) is 0.799. The first-order chi connectivity index (χ1) is 11.4. The maximum absolute atomic E-state index is 12.8. The van der Waals surface area contributed by atoms with Crippen molar-refractivity contribution in [1.29, 1.82) is 0 Å². The molecule has 2 heterocycles. The van der Waals surface area contributed by atoms with Gasteiger partial charge in [-0.3, -0.25) is 9.59 Å². The minimum atomic E-state index is -1.16. The lowest BCUT2D eigenvalue weighted by Gasteiger charge is -2.38. The number of piperidine rings is 1. The normalized spacial score (nSPS) is 21.0. The van der Waals surface area contributed by atoms with Gasteiger partial charge in [0.1, 0.15) is 5.69 Å². The molecule has 1 aliphatic heterocycles. The van der Waals surface area contributed by atoms with E-state index in [4.69, 9.17) is 0 Å². The van der Waals surface area contributed by atoms with Crippen molar-refractivity contribution in [3.63, 3.8) is 0 Å². The number of fused-ring (bicyclic) bond motifs is 1. The highest BCUT2D eigenvalue weighted by Crippen LogP contribution is 2.26. The minimum absolute atomic E-state index is 0.0131. The fraction of sp³-hybridized carbons (Fsp3) is 0.444. The van der Waals surface area contributed by atoms with E-state index in [1.54, 1.807) is 11.9 Å². The number of aliphatic hydroxyl groups is 1. The predicted octanol–water partition coefficient (Wildman–Crippen LogP) is 1.58. The van der Waals surface area contributed by atoms with Crippen LogP contribution >= 0.6 is 0 Å². The van der Waals surface area contributed by atoms with Crippen LogP contribution in [0.2, 0.25) is 0 Å². The van der Waals surface area contributed by atoms with E-state index in [-0.39, 0.29) is 24.8 Å². The fourth-order valence-corrected chi connectivity index (χ4v) is 3.34. The molecule has 128 valence electrons. The molecule has 0 bridgehead atoms. The second kappa shape index (κ2) is 6.28. The standard InChI is InChI=1S/C18H23N3O3/c1-12-4-5-13-9-15(20-14(13)8-12)17(23)21-7-3-6-18(24,11-21)10-16(22)19-2/h4-5,8-9,20,24H,3,6-7,10-11H2,1-2H3,(H,19,22). The van der Waals surface area contributed by atoms with Crippen molar-refractivity contribution >= 4 is 22.7 Å². The second-order valence-corrected chi connectivity index (χ2v) is 6.68. The molecule has 2 amide bonds. The Kier molecular flexibility index (Phi) is 4.32. The van der Waals surface area contributed by atoms with E-state index < -0.39 is 5.60 Å². The van der Waals surface area contributed by atoms with Gasteiger partial charge in [0.05, 0.1) is 18.6 Å². The molecule has 3 rings (SSSR count). The Labute approximate surface area is 140 Å². The number of amides is 2. The largest absolute Gasteiger partial charge is 0.388 e. The van der Waals surface area contributed by atoms with Crippen LogP contribution < -0.4 is 5.32 Å². The number of hydrogen-bond donors (Lipinski definition) is 3. The molecule has 0 radical (unpaired) electrons. The number of rotatable bonds is 3. The smallest absolute Gasteiger partial charge is 0.270 e. The zero-order valence-electron chi connectivity index (χ0n) is 14.1. The Morgan fingerprint density at radius 1 is 1.38 bits per heavy atom. The molecule has 1 unspecified atom stereocenters. The number of hydrogen-bond acceptors (Lipinski definition) is 3. The molecular weight excluding hydrogens is 306 g/mol. The van der Waals surface area contributed by atoms with Crippen LogP contribution in [0, 0.1) is 6.92 Å². The van der Waals surface area contributed by atoms with Crippen molar-refractivity contribution in [2.24, 2.45) is 0 Å². The van der Waals surface area contributed by atoms with E-state index in [1.807, 2.05) is 31.2 Å². The number of nitrogens with one attached hydrogen (secondary N) is 2. The second-order valence-electron chi connectivity index (χ2n) is 6.68. The summed E-state index contributed by atoms with van der Waals surface area (Å²) >= 11 is 0. The molecule has 24 heavy (non-hydrogen) atoms. The highest BCUT2D eigenvalue weighted by molar-refractivity contribution is 5.98. The average molecular weight is 329 g/mol. The molecule has 0 saturated carbocycles. The highest BCUT2D eigenvalue weighted by atomic mass is 16.3. The van der Waals surface area contributed by atoms with E-state index in [2.05, 4.69) is 10.3 Å². The van der Waals surface area contributed by atoms with E-state index in [1.165, 1.54) is 0 Å². The van der Waals surface area contributed by atoms with Crippen molar-refractivity contribution in [3.05, 3.63) is 35.5 Å². The number of aromatic amines is 1. The molecule has 1 fully saturated rings. The number of nitrogens with zero attached hydrogens (tertiary/aromatic N) is 1. The number of aromatic nitrogens is 1. The fourth-order valence-electron chi connectivity index (χ4n) is 3.34. The lowest BCUT2D eigenvalue weighted by atomic mass is 9.89. The van der Waals surface area contributed by atoms with Gasteiger partial charge < -0.3 is 20.3 Å². The van der Waals surface area contributed by atoms with E-state index in [9.17, 15) is 14.7 Å². The monoisotopic (exact) mass is 329 g/mol. The zero-order valence-corrected chi connectivity index (χ0v) is 14.1. The van der Waals surface area contributed by atoms with Gasteiger partial charge in [0.25, 0.3) is 5.91 Å². The van der Waals surface area contributed by atoms with E-state index in [0.29, 0.717) is 25.1 Å². The maximum atomic E-state index is 12.8. The molecule has 1 aromatic heterocycles. The molecular formula is C18H23N3O3. The van der Waals surface area contributed by atoms with Crippen LogP contribution in [0.4, 0.5) is 0 Å². The van der Waals surface area contributed by atoms with Crippen LogP contribution in [-0.4, -0.2) is 52.5 Å². The van der Waals surface area contributed by atoms with Gasteiger partial charge in [-0.15, -0.1) is 0 Å². The van der Waals surface area contributed by atoms with Crippen LogP contribution in [0.15, 0.2) is 24.3 Å². The summed E-state index contributed by atoms with van der Waals surface area (Å²) in [7, 11) is 1.55. The van der Waals surface area contributed by atoms with Crippen molar-refractivity contribution in [2.45, 2.75) is 31.8 Å². The highest BCUT2D eigenvalue weighted by Gasteiger charge is 2.37. The Bertz CT molecular complexity index is 783. The van der Waals surface area contributed by atoms with Crippen LogP contribution in [0.1, 0.15) is 35.3 Å². The van der Waals surface area contributed by atoms with Crippen molar-refractivity contribution < 1.29 is 14.7 Å². The summed E-state index contributed by atoms with van der Waals surface area (Å²) < 4.78 is 0. The number of benzene rings is 1. The Morgan fingerprint density at radius 3 is 2.92 bits per heavy atom. The topological polar surface area (TPSA) is 85.4 Å². The molecule has 0 spiro atoms. The first kappa shape index (κ1) is 16.5. The molecule has 6 nitrogen and oxygen atoms in total. The van der Waals surface area contributed by atoms with Gasteiger partial charge in [0.15, 0.2) is 0 Å². The predicted molar refractivity (Wildman–Crippen MR) is 91.8 cm³/mol. The van der Waals surface area contributed by atoms with Gasteiger partial charge in [-0.1, -0.05) is 12.1 Å². The summed E-state index contributed by atoms with van der Waals surface area (Å²) in [5.41, 5.74) is 1.41. The van der Waals surface area contributed by atoms with Gasteiger partial charge in [0, 0.05) is 24.5 Å². The zero-order chi connectivity index (χ0) is 17.3. The van der Waals surface area contributed by atoms with E-state index in [0.717, 1.165) is 16.5 Å². The lowest BCUT2D eigenvalue weighted by molar-refractivity contribution is -0.127. The van der Waals surface area contributed by atoms with Gasteiger partial charge in [-0.05, 0) is 37.5 Å². The van der Waals surface area contributed by atoms with Crippen LogP contribution in [0.25, 0.3) is 10.9 Å². The third-order valence-corrected chi connectivity index (χ3v) is 4.62.